The van der Waals surface area contributed by atoms with Crippen LogP contribution in [-0.2, 0) is 14.3 Å². The van der Waals surface area contributed by atoms with Crippen LogP contribution in [0.4, 0.5) is 4.79 Å². The summed E-state index contributed by atoms with van der Waals surface area (Å²) in [6.45, 7) is 7.26. The first-order valence-corrected chi connectivity index (χ1v) is 7.09. The van der Waals surface area contributed by atoms with Crippen LogP contribution in [-0.4, -0.2) is 53.5 Å². The Kier molecular flexibility index (Phi) is 6.26. The maximum atomic E-state index is 11.9. The van der Waals surface area contributed by atoms with Gasteiger partial charge in [0.25, 0.3) is 0 Å². The van der Waals surface area contributed by atoms with Crippen LogP contribution in [0.5, 0.6) is 0 Å². The van der Waals surface area contributed by atoms with Gasteiger partial charge in [-0.2, -0.15) is 0 Å². The fourth-order valence-corrected chi connectivity index (χ4v) is 2.00. The Labute approximate surface area is 120 Å². The zero-order valence-corrected chi connectivity index (χ0v) is 12.6. The van der Waals surface area contributed by atoms with Gasteiger partial charge in [-0.05, 0) is 40.0 Å². The molecule has 1 rings (SSSR count). The minimum Gasteiger partial charge on any atom is -0.481 e. The Morgan fingerprint density at radius 2 is 1.85 bits per heavy atom. The number of hydrogen-bond acceptors (Lipinski definition) is 4. The molecule has 0 saturated carbocycles. The average molecular weight is 287 g/mol. The molecule has 6 nitrogen and oxygen atoms in total. The minimum atomic E-state index is -0.798. The van der Waals surface area contributed by atoms with E-state index in [0.29, 0.717) is 26.1 Å². The summed E-state index contributed by atoms with van der Waals surface area (Å²) in [5.74, 6) is -0.798. The van der Waals surface area contributed by atoms with Crippen molar-refractivity contribution < 1.29 is 24.2 Å². The van der Waals surface area contributed by atoms with Gasteiger partial charge in [-0.15, -0.1) is 0 Å². The lowest BCUT2D eigenvalue weighted by atomic mass is 10.1. The number of carbonyl (C=O) groups excluding carboxylic acids is 1. The molecule has 0 bridgehead atoms. The molecule has 0 aromatic rings. The summed E-state index contributed by atoms with van der Waals surface area (Å²) < 4.78 is 10.9. The number of carboxylic acids is 1. The van der Waals surface area contributed by atoms with E-state index in [4.69, 9.17) is 14.6 Å². The van der Waals surface area contributed by atoms with E-state index < -0.39 is 11.6 Å². The van der Waals surface area contributed by atoms with Crippen LogP contribution in [0, 0.1) is 0 Å². The van der Waals surface area contributed by atoms with Crippen molar-refractivity contribution >= 4 is 12.1 Å². The lowest BCUT2D eigenvalue weighted by Gasteiger charge is -2.33. The maximum Gasteiger partial charge on any atom is 0.410 e. The van der Waals surface area contributed by atoms with Crippen LogP contribution in [0.3, 0.4) is 0 Å². The summed E-state index contributed by atoms with van der Waals surface area (Å²) in [5, 5.41) is 8.53. The number of likely N-dealkylation sites (tertiary alicyclic amines) is 1. The smallest absolute Gasteiger partial charge is 0.410 e. The topological polar surface area (TPSA) is 76.1 Å². The van der Waals surface area contributed by atoms with Gasteiger partial charge < -0.3 is 19.5 Å². The summed E-state index contributed by atoms with van der Waals surface area (Å²) in [5.41, 5.74) is -0.471. The highest BCUT2D eigenvalue weighted by atomic mass is 16.6. The van der Waals surface area contributed by atoms with Gasteiger partial charge >= 0.3 is 12.1 Å². The number of carboxylic acid groups (broad SMARTS) is 1. The van der Waals surface area contributed by atoms with Gasteiger partial charge in [0, 0.05) is 26.1 Å². The van der Waals surface area contributed by atoms with Crippen molar-refractivity contribution in [1.29, 1.82) is 0 Å². The van der Waals surface area contributed by atoms with E-state index in [-0.39, 0.29) is 18.6 Å². The van der Waals surface area contributed by atoms with Gasteiger partial charge in [0.2, 0.25) is 0 Å². The van der Waals surface area contributed by atoms with Gasteiger partial charge in [-0.25, -0.2) is 4.79 Å². The average Bonchev–Trinajstić information content (AvgIpc) is 2.33. The number of hydrogen-bond donors (Lipinski definition) is 1. The number of ether oxygens (including phenoxy) is 2. The second-order valence-corrected chi connectivity index (χ2v) is 6.03. The first-order chi connectivity index (χ1) is 9.28. The molecule has 1 heterocycles. The van der Waals surface area contributed by atoms with Crippen molar-refractivity contribution in [1.82, 2.24) is 4.90 Å². The predicted octanol–water partition coefficient (Wildman–Crippen LogP) is 2.27. The predicted molar refractivity (Wildman–Crippen MR) is 73.7 cm³/mol. The van der Waals surface area contributed by atoms with E-state index in [1.807, 2.05) is 20.8 Å². The number of nitrogens with zero attached hydrogens (tertiary/aromatic N) is 1. The van der Waals surface area contributed by atoms with Crippen LogP contribution in [0.15, 0.2) is 0 Å². The van der Waals surface area contributed by atoms with Crippen molar-refractivity contribution in [2.24, 2.45) is 0 Å². The molecule has 0 aliphatic carbocycles. The largest absolute Gasteiger partial charge is 0.481 e. The van der Waals surface area contributed by atoms with Crippen molar-refractivity contribution in [3.63, 3.8) is 0 Å². The molecule has 0 aromatic heterocycles. The van der Waals surface area contributed by atoms with E-state index in [2.05, 4.69) is 0 Å². The molecule has 0 unspecified atom stereocenters. The zero-order chi connectivity index (χ0) is 15.2. The number of carbonyl (C=O) groups is 2. The Hall–Kier alpha value is -1.30. The van der Waals surface area contributed by atoms with Crippen LogP contribution in [0.25, 0.3) is 0 Å². The highest BCUT2D eigenvalue weighted by Gasteiger charge is 2.26. The van der Waals surface area contributed by atoms with E-state index >= 15 is 0 Å². The number of rotatable bonds is 5. The number of piperidine rings is 1. The Balaban J connectivity index is 2.19. The van der Waals surface area contributed by atoms with Crippen LogP contribution >= 0.6 is 0 Å². The summed E-state index contributed by atoms with van der Waals surface area (Å²) in [7, 11) is 0. The van der Waals surface area contributed by atoms with Crippen LogP contribution in [0.1, 0.15) is 46.5 Å². The molecule has 0 radical (unpaired) electrons. The molecule has 1 N–H and O–H groups in total. The van der Waals surface area contributed by atoms with E-state index in [1.54, 1.807) is 4.90 Å². The monoisotopic (exact) mass is 287 g/mol. The minimum absolute atomic E-state index is 0.113. The Morgan fingerprint density at radius 3 is 2.35 bits per heavy atom. The van der Waals surface area contributed by atoms with Crippen molar-refractivity contribution in [2.75, 3.05) is 19.7 Å². The highest BCUT2D eigenvalue weighted by molar-refractivity contribution is 5.68. The number of aliphatic carboxylic acids is 1. The van der Waals surface area contributed by atoms with Gasteiger partial charge in [0.05, 0.1) is 6.10 Å². The third-order valence-electron chi connectivity index (χ3n) is 2.98. The second kappa shape index (κ2) is 7.47. The van der Waals surface area contributed by atoms with Crippen molar-refractivity contribution in [3.8, 4) is 0 Å². The van der Waals surface area contributed by atoms with E-state index in [1.165, 1.54) is 0 Å². The second-order valence-electron chi connectivity index (χ2n) is 6.03. The van der Waals surface area contributed by atoms with Gasteiger partial charge in [-0.3, -0.25) is 4.79 Å². The molecule has 0 aromatic carbocycles. The Morgan fingerprint density at radius 1 is 1.25 bits per heavy atom. The normalized spacial score (nSPS) is 17.1. The maximum absolute atomic E-state index is 11.9. The molecule has 1 aliphatic heterocycles. The van der Waals surface area contributed by atoms with Crippen molar-refractivity contribution in [3.05, 3.63) is 0 Å². The van der Waals surface area contributed by atoms with E-state index in [9.17, 15) is 9.59 Å². The standard InChI is InChI=1S/C14H25NO5/c1-14(2,3)20-13(18)15-8-6-11(7-9-15)19-10-4-5-12(16)17/h11H,4-10H2,1-3H3,(H,16,17). The molecule has 0 atom stereocenters. The highest BCUT2D eigenvalue weighted by Crippen LogP contribution is 2.17. The number of amides is 1. The van der Waals surface area contributed by atoms with Gasteiger partial charge in [0.1, 0.15) is 5.60 Å². The fourth-order valence-electron chi connectivity index (χ4n) is 2.00. The third-order valence-corrected chi connectivity index (χ3v) is 2.98. The van der Waals surface area contributed by atoms with Gasteiger partial charge in [-0.1, -0.05) is 0 Å². The molecular formula is C14H25NO5. The molecule has 20 heavy (non-hydrogen) atoms. The molecule has 6 heteroatoms. The first-order valence-electron chi connectivity index (χ1n) is 7.09. The third kappa shape index (κ3) is 6.75. The quantitative estimate of drug-likeness (QED) is 0.785. The van der Waals surface area contributed by atoms with Crippen LogP contribution < -0.4 is 0 Å². The summed E-state index contributed by atoms with van der Waals surface area (Å²) in [6.07, 6.45) is 2.04. The summed E-state index contributed by atoms with van der Waals surface area (Å²) in [6, 6.07) is 0. The van der Waals surface area contributed by atoms with Gasteiger partial charge in [0.15, 0.2) is 0 Å². The lowest BCUT2D eigenvalue weighted by Crippen LogP contribution is -2.43. The zero-order valence-electron chi connectivity index (χ0n) is 12.6. The Bertz CT molecular complexity index is 329. The van der Waals surface area contributed by atoms with Crippen molar-refractivity contribution in [2.45, 2.75) is 58.2 Å². The molecule has 1 aliphatic rings. The fraction of sp³-hybridized carbons (Fsp3) is 0.857. The first kappa shape index (κ1) is 16.8. The lowest BCUT2D eigenvalue weighted by molar-refractivity contribution is -0.137. The molecular weight excluding hydrogens is 262 g/mol. The molecule has 1 amide bonds. The molecule has 0 spiro atoms. The summed E-state index contributed by atoms with van der Waals surface area (Å²) in [4.78, 5) is 23.9. The van der Waals surface area contributed by atoms with E-state index in [0.717, 1.165) is 12.8 Å². The SMILES string of the molecule is CC(C)(C)OC(=O)N1CCC(OCCCC(=O)O)CC1. The summed E-state index contributed by atoms with van der Waals surface area (Å²) >= 11 is 0. The molecule has 116 valence electrons. The molecule has 1 saturated heterocycles. The molecule has 1 fully saturated rings. The van der Waals surface area contributed by atoms with Crippen LogP contribution in [0.2, 0.25) is 0 Å².